The van der Waals surface area contributed by atoms with Gasteiger partial charge in [0, 0.05) is 18.3 Å². The molecule has 1 aromatic heterocycles. The van der Waals surface area contributed by atoms with Crippen LogP contribution in [0.4, 0.5) is 5.82 Å². The lowest BCUT2D eigenvalue weighted by atomic mass is 9.71. The molecule has 2 unspecified atom stereocenters. The van der Waals surface area contributed by atoms with Gasteiger partial charge < -0.3 is 10.1 Å². The third-order valence-corrected chi connectivity index (χ3v) is 4.25. The number of ether oxygens (including phenoxy) is 1. The molecule has 1 heterocycles. The van der Waals surface area contributed by atoms with Gasteiger partial charge in [0.05, 0.1) is 12.7 Å². The maximum atomic E-state index is 6.22. The van der Waals surface area contributed by atoms with Crippen molar-refractivity contribution < 1.29 is 4.74 Å². The van der Waals surface area contributed by atoms with E-state index in [1.165, 1.54) is 18.4 Å². The molecule has 118 valence electrons. The van der Waals surface area contributed by atoms with Gasteiger partial charge in [-0.3, -0.25) is 0 Å². The smallest absolute Gasteiger partial charge is 0.131 e. The van der Waals surface area contributed by atoms with Crippen molar-refractivity contribution in [1.82, 2.24) is 4.98 Å². The van der Waals surface area contributed by atoms with Crippen LogP contribution in [-0.4, -0.2) is 17.6 Å². The van der Waals surface area contributed by atoms with Gasteiger partial charge in [0.25, 0.3) is 0 Å². The van der Waals surface area contributed by atoms with Crippen molar-refractivity contribution in [3.05, 3.63) is 23.9 Å². The fourth-order valence-corrected chi connectivity index (χ4v) is 3.55. The van der Waals surface area contributed by atoms with E-state index in [4.69, 9.17) is 4.74 Å². The zero-order valence-corrected chi connectivity index (χ0v) is 14.0. The number of nitrogens with one attached hydrogen (secondary N) is 1. The molecule has 1 fully saturated rings. The third kappa shape index (κ3) is 4.99. The summed E-state index contributed by atoms with van der Waals surface area (Å²) in [6.07, 6.45) is 6.97. The summed E-state index contributed by atoms with van der Waals surface area (Å²) in [6, 6.07) is 4.10. The summed E-state index contributed by atoms with van der Waals surface area (Å²) >= 11 is 0. The van der Waals surface area contributed by atoms with Crippen LogP contribution in [0, 0.1) is 11.3 Å². The highest BCUT2D eigenvalue weighted by atomic mass is 16.5. The van der Waals surface area contributed by atoms with Gasteiger partial charge in [-0.25, -0.2) is 4.98 Å². The molecule has 3 nitrogen and oxygen atoms in total. The van der Waals surface area contributed by atoms with E-state index in [0.717, 1.165) is 31.1 Å². The zero-order chi connectivity index (χ0) is 15.3. The first-order chi connectivity index (χ1) is 10.00. The number of hydrogen-bond acceptors (Lipinski definition) is 3. The van der Waals surface area contributed by atoms with Crippen LogP contribution in [0.25, 0.3) is 0 Å². The van der Waals surface area contributed by atoms with Gasteiger partial charge in [-0.1, -0.05) is 33.8 Å². The van der Waals surface area contributed by atoms with Crippen LogP contribution in [0.1, 0.15) is 58.9 Å². The maximum Gasteiger partial charge on any atom is 0.131 e. The van der Waals surface area contributed by atoms with Gasteiger partial charge in [-0.05, 0) is 43.1 Å². The molecule has 1 N–H and O–H groups in total. The SMILES string of the molecule is CCCNc1ncccc1COC1CC(C)CC(C)(C)C1. The van der Waals surface area contributed by atoms with E-state index in [1.807, 2.05) is 12.3 Å². The van der Waals surface area contributed by atoms with Crippen molar-refractivity contribution in [3.63, 3.8) is 0 Å². The lowest BCUT2D eigenvalue weighted by molar-refractivity contribution is -0.0315. The molecule has 21 heavy (non-hydrogen) atoms. The van der Waals surface area contributed by atoms with Crippen molar-refractivity contribution >= 4 is 5.82 Å². The Labute approximate surface area is 129 Å². The van der Waals surface area contributed by atoms with Crippen molar-refractivity contribution in [2.45, 2.75) is 66.1 Å². The molecule has 1 aromatic rings. The second-order valence-corrected chi connectivity index (χ2v) is 7.28. The van der Waals surface area contributed by atoms with Crippen molar-refractivity contribution in [3.8, 4) is 0 Å². The van der Waals surface area contributed by atoms with Gasteiger partial charge in [-0.2, -0.15) is 0 Å². The monoisotopic (exact) mass is 290 g/mol. The number of pyridine rings is 1. The normalized spacial score (nSPS) is 24.8. The number of aromatic nitrogens is 1. The van der Waals surface area contributed by atoms with E-state index in [1.54, 1.807) is 0 Å². The van der Waals surface area contributed by atoms with Crippen LogP contribution in [0.5, 0.6) is 0 Å². The summed E-state index contributed by atoms with van der Waals surface area (Å²) in [4.78, 5) is 4.43. The zero-order valence-electron chi connectivity index (χ0n) is 14.0. The summed E-state index contributed by atoms with van der Waals surface area (Å²) in [5, 5.41) is 3.38. The Bertz CT molecular complexity index is 445. The van der Waals surface area contributed by atoms with E-state index >= 15 is 0 Å². The Balaban J connectivity index is 1.93. The maximum absolute atomic E-state index is 6.22. The molecule has 0 spiro atoms. The van der Waals surface area contributed by atoms with Crippen LogP contribution in [-0.2, 0) is 11.3 Å². The lowest BCUT2D eigenvalue weighted by Crippen LogP contribution is -2.32. The summed E-state index contributed by atoms with van der Waals surface area (Å²) in [5.74, 6) is 1.73. The van der Waals surface area contributed by atoms with Gasteiger partial charge >= 0.3 is 0 Å². The highest BCUT2D eigenvalue weighted by Gasteiger charge is 2.32. The van der Waals surface area contributed by atoms with E-state index in [2.05, 4.69) is 44.1 Å². The Kier molecular flexibility index (Phi) is 5.63. The van der Waals surface area contributed by atoms with Crippen LogP contribution >= 0.6 is 0 Å². The average Bonchev–Trinajstić information content (AvgIpc) is 2.41. The van der Waals surface area contributed by atoms with E-state index < -0.39 is 0 Å². The van der Waals surface area contributed by atoms with Crippen LogP contribution in [0.2, 0.25) is 0 Å². The Morgan fingerprint density at radius 2 is 2.19 bits per heavy atom. The summed E-state index contributed by atoms with van der Waals surface area (Å²) in [6.45, 7) is 10.8. The van der Waals surface area contributed by atoms with Crippen LogP contribution in [0.3, 0.4) is 0 Å². The van der Waals surface area contributed by atoms with Gasteiger partial charge in [0.2, 0.25) is 0 Å². The van der Waals surface area contributed by atoms with E-state index in [0.29, 0.717) is 18.1 Å². The molecule has 0 radical (unpaired) electrons. The first-order valence-corrected chi connectivity index (χ1v) is 8.29. The molecule has 3 heteroatoms. The van der Waals surface area contributed by atoms with Crippen LogP contribution in [0.15, 0.2) is 18.3 Å². The van der Waals surface area contributed by atoms with Crippen molar-refractivity contribution in [2.75, 3.05) is 11.9 Å². The highest BCUT2D eigenvalue weighted by Crippen LogP contribution is 2.40. The molecule has 0 aromatic carbocycles. The minimum atomic E-state index is 0.378. The lowest BCUT2D eigenvalue weighted by Gasteiger charge is -2.38. The molecule has 0 bridgehead atoms. The Morgan fingerprint density at radius 1 is 1.38 bits per heavy atom. The average molecular weight is 290 g/mol. The molecule has 1 aliphatic rings. The standard InChI is InChI=1S/C18H30N2O/c1-5-8-19-17-15(7-6-9-20-17)13-21-16-10-14(2)11-18(3,4)12-16/h6-7,9,14,16H,5,8,10-13H2,1-4H3,(H,19,20). The summed E-state index contributed by atoms with van der Waals surface area (Å²) < 4.78 is 6.22. The minimum absolute atomic E-state index is 0.378. The number of nitrogens with zero attached hydrogens (tertiary/aromatic N) is 1. The molecule has 2 atom stereocenters. The summed E-state index contributed by atoms with van der Waals surface area (Å²) in [5.41, 5.74) is 1.57. The Hall–Kier alpha value is -1.09. The third-order valence-electron chi connectivity index (χ3n) is 4.25. The van der Waals surface area contributed by atoms with Gasteiger partial charge in [0.15, 0.2) is 0 Å². The molecular formula is C18H30N2O. The van der Waals surface area contributed by atoms with E-state index in [-0.39, 0.29) is 0 Å². The van der Waals surface area contributed by atoms with Gasteiger partial charge in [-0.15, -0.1) is 0 Å². The number of rotatable bonds is 6. The fraction of sp³-hybridized carbons (Fsp3) is 0.722. The van der Waals surface area contributed by atoms with E-state index in [9.17, 15) is 0 Å². The molecule has 0 aliphatic heterocycles. The molecular weight excluding hydrogens is 260 g/mol. The molecule has 0 amide bonds. The van der Waals surface area contributed by atoms with Gasteiger partial charge in [0.1, 0.15) is 5.82 Å². The van der Waals surface area contributed by atoms with Crippen LogP contribution < -0.4 is 5.32 Å². The number of anilines is 1. The molecule has 1 aliphatic carbocycles. The largest absolute Gasteiger partial charge is 0.373 e. The highest BCUT2D eigenvalue weighted by molar-refractivity contribution is 5.43. The number of hydrogen-bond donors (Lipinski definition) is 1. The second-order valence-electron chi connectivity index (χ2n) is 7.28. The van der Waals surface area contributed by atoms with Crippen molar-refractivity contribution in [2.24, 2.45) is 11.3 Å². The molecule has 0 saturated heterocycles. The van der Waals surface area contributed by atoms with Crippen molar-refractivity contribution in [1.29, 1.82) is 0 Å². The first kappa shape index (κ1) is 16.3. The predicted octanol–water partition coefficient (Wildman–Crippen LogP) is 4.63. The predicted molar refractivity (Wildman–Crippen MR) is 88.4 cm³/mol. The minimum Gasteiger partial charge on any atom is -0.373 e. The quantitative estimate of drug-likeness (QED) is 0.829. The Morgan fingerprint density at radius 3 is 2.90 bits per heavy atom. The first-order valence-electron chi connectivity index (χ1n) is 8.29. The fourth-order valence-electron chi connectivity index (χ4n) is 3.55. The molecule has 2 rings (SSSR count). The summed E-state index contributed by atoms with van der Waals surface area (Å²) in [7, 11) is 0. The molecule has 1 saturated carbocycles. The topological polar surface area (TPSA) is 34.2 Å². The second kappa shape index (κ2) is 7.26.